The van der Waals surface area contributed by atoms with Gasteiger partial charge in [0.05, 0.1) is 5.56 Å². The van der Waals surface area contributed by atoms with E-state index in [0.717, 1.165) is 12.1 Å². The number of benzene rings is 1. The highest BCUT2D eigenvalue weighted by Crippen LogP contribution is 2.32. The van der Waals surface area contributed by atoms with Crippen LogP contribution in [0.2, 0.25) is 0 Å². The molecule has 0 unspecified atom stereocenters. The van der Waals surface area contributed by atoms with Crippen LogP contribution in [-0.4, -0.2) is 24.4 Å². The minimum Gasteiger partial charge on any atom is -0.353 e. The molecule has 0 bridgehead atoms. The van der Waals surface area contributed by atoms with E-state index in [1.165, 1.54) is 6.07 Å². The minimum absolute atomic E-state index is 0.165. The van der Waals surface area contributed by atoms with E-state index in [0.29, 0.717) is 18.4 Å². The maximum atomic E-state index is 12.8. The van der Waals surface area contributed by atoms with Crippen molar-refractivity contribution >= 4 is 11.8 Å². The van der Waals surface area contributed by atoms with Crippen molar-refractivity contribution in [3.05, 3.63) is 35.4 Å². The van der Waals surface area contributed by atoms with E-state index in [4.69, 9.17) is 0 Å². The van der Waals surface area contributed by atoms with E-state index in [-0.39, 0.29) is 18.4 Å². The predicted molar refractivity (Wildman–Crippen MR) is 78.6 cm³/mol. The number of hydrogen-bond acceptors (Lipinski definition) is 2. The number of amides is 2. The molecule has 0 aromatic heterocycles. The summed E-state index contributed by atoms with van der Waals surface area (Å²) in [6.07, 6.45) is -3.65. The zero-order chi connectivity index (χ0) is 17.3. The van der Waals surface area contributed by atoms with Gasteiger partial charge in [0.2, 0.25) is 11.8 Å². The van der Waals surface area contributed by atoms with Gasteiger partial charge in [0.15, 0.2) is 0 Å². The summed E-state index contributed by atoms with van der Waals surface area (Å²) in [7, 11) is 0. The summed E-state index contributed by atoms with van der Waals surface area (Å²) in [5, 5.41) is 5.27. The van der Waals surface area contributed by atoms with Crippen LogP contribution in [0.4, 0.5) is 13.2 Å². The summed E-state index contributed by atoms with van der Waals surface area (Å²) in [6.45, 7) is 3.70. The van der Waals surface area contributed by atoms with Crippen LogP contribution in [0.25, 0.3) is 0 Å². The summed E-state index contributed by atoms with van der Waals surface area (Å²) in [5.41, 5.74) is -0.889. The summed E-state index contributed by atoms with van der Waals surface area (Å²) in [4.78, 5) is 23.1. The average molecular weight is 328 g/mol. The van der Waals surface area contributed by atoms with Gasteiger partial charge in [-0.25, -0.2) is 0 Å². The molecule has 1 heterocycles. The van der Waals surface area contributed by atoms with Crippen LogP contribution < -0.4 is 10.6 Å². The maximum Gasteiger partial charge on any atom is 0.416 e. The molecule has 1 aliphatic rings. The maximum absolute atomic E-state index is 12.8. The van der Waals surface area contributed by atoms with E-state index in [1.54, 1.807) is 19.9 Å². The van der Waals surface area contributed by atoms with E-state index in [1.807, 2.05) is 0 Å². The first-order chi connectivity index (χ1) is 10.6. The zero-order valence-corrected chi connectivity index (χ0v) is 13.0. The summed E-state index contributed by atoms with van der Waals surface area (Å²) >= 11 is 0. The number of hydrogen-bond donors (Lipinski definition) is 2. The monoisotopic (exact) mass is 328 g/mol. The molecule has 2 amide bonds. The molecular formula is C16H19F3N2O2. The summed E-state index contributed by atoms with van der Waals surface area (Å²) < 4.78 is 38.4. The van der Waals surface area contributed by atoms with E-state index in [9.17, 15) is 22.8 Å². The summed E-state index contributed by atoms with van der Waals surface area (Å²) in [5.74, 6) is -0.474. The molecule has 1 fully saturated rings. The molecule has 0 saturated carbocycles. The molecule has 2 rings (SSSR count). The van der Waals surface area contributed by atoms with Gasteiger partial charge in [-0.2, -0.15) is 13.2 Å². The van der Waals surface area contributed by atoms with Crippen LogP contribution in [-0.2, 0) is 21.2 Å². The fraction of sp³-hybridized carbons (Fsp3) is 0.500. The lowest BCUT2D eigenvalue weighted by Gasteiger charge is -2.27. The Bertz CT molecular complexity index is 612. The molecule has 0 radical (unpaired) electrons. The number of carbonyl (C=O) groups is 2. The molecule has 1 aliphatic heterocycles. The molecule has 1 saturated heterocycles. The lowest BCUT2D eigenvalue weighted by Crippen LogP contribution is -2.45. The van der Waals surface area contributed by atoms with Crippen molar-refractivity contribution in [1.29, 1.82) is 0 Å². The van der Waals surface area contributed by atoms with E-state index in [2.05, 4.69) is 10.6 Å². The third kappa shape index (κ3) is 4.24. The molecule has 1 atom stereocenters. The molecule has 2 N–H and O–H groups in total. The van der Waals surface area contributed by atoms with Gasteiger partial charge >= 0.3 is 6.18 Å². The highest BCUT2D eigenvalue weighted by atomic mass is 19.4. The molecule has 0 spiro atoms. The van der Waals surface area contributed by atoms with Crippen molar-refractivity contribution in [2.75, 3.05) is 6.54 Å². The molecule has 23 heavy (non-hydrogen) atoms. The van der Waals surface area contributed by atoms with Crippen LogP contribution in [0.15, 0.2) is 24.3 Å². The fourth-order valence-corrected chi connectivity index (χ4v) is 2.46. The van der Waals surface area contributed by atoms with Crippen LogP contribution in [0, 0.1) is 0 Å². The molecule has 126 valence electrons. The summed E-state index contributed by atoms with van der Waals surface area (Å²) in [6, 6.07) is 4.53. The number of carbonyl (C=O) groups excluding carboxylic acids is 2. The Balaban J connectivity index is 2.04. The van der Waals surface area contributed by atoms with Crippen molar-refractivity contribution in [1.82, 2.24) is 10.6 Å². The third-order valence-corrected chi connectivity index (χ3v) is 3.99. The van der Waals surface area contributed by atoms with Gasteiger partial charge in [-0.1, -0.05) is 32.0 Å². The van der Waals surface area contributed by atoms with Crippen molar-refractivity contribution in [3.8, 4) is 0 Å². The standard InChI is InChI=1S/C16H19F3N2O2/c1-15(2,9-20-14(23)12-6-7-13(22)21-12)10-4-3-5-11(8-10)16(17,18)19/h3-5,8,12H,6-7,9H2,1-2H3,(H,20,23)(H,21,22)/t12-/m1/s1. The Hall–Kier alpha value is -2.05. The number of rotatable bonds is 4. The zero-order valence-electron chi connectivity index (χ0n) is 13.0. The van der Waals surface area contributed by atoms with Crippen LogP contribution in [0.3, 0.4) is 0 Å². The molecular weight excluding hydrogens is 309 g/mol. The van der Waals surface area contributed by atoms with Gasteiger partial charge in [-0.3, -0.25) is 9.59 Å². The van der Waals surface area contributed by atoms with Crippen molar-refractivity contribution < 1.29 is 22.8 Å². The quantitative estimate of drug-likeness (QED) is 0.891. The second-order valence-corrected chi connectivity index (χ2v) is 6.34. The second-order valence-electron chi connectivity index (χ2n) is 6.34. The first-order valence-corrected chi connectivity index (χ1v) is 7.34. The Kier molecular flexibility index (Phi) is 4.68. The van der Waals surface area contributed by atoms with Gasteiger partial charge in [0.1, 0.15) is 6.04 Å². The minimum atomic E-state index is -4.40. The number of nitrogens with one attached hydrogen (secondary N) is 2. The van der Waals surface area contributed by atoms with Crippen molar-refractivity contribution in [2.24, 2.45) is 0 Å². The lowest BCUT2D eigenvalue weighted by molar-refractivity contribution is -0.137. The fourth-order valence-electron chi connectivity index (χ4n) is 2.46. The molecule has 1 aromatic rings. The highest BCUT2D eigenvalue weighted by molar-refractivity contribution is 5.90. The number of alkyl halides is 3. The first kappa shape index (κ1) is 17.3. The first-order valence-electron chi connectivity index (χ1n) is 7.34. The van der Waals surface area contributed by atoms with Crippen molar-refractivity contribution in [2.45, 2.75) is 44.3 Å². The Morgan fingerprint density at radius 2 is 1.96 bits per heavy atom. The molecule has 7 heteroatoms. The van der Waals surface area contributed by atoms with Crippen LogP contribution >= 0.6 is 0 Å². The van der Waals surface area contributed by atoms with E-state index >= 15 is 0 Å². The SMILES string of the molecule is CC(C)(CNC(=O)[C@H]1CCC(=O)N1)c1cccc(C(F)(F)F)c1. The van der Waals surface area contributed by atoms with Gasteiger partial charge < -0.3 is 10.6 Å². The Morgan fingerprint density at radius 3 is 2.52 bits per heavy atom. The molecule has 4 nitrogen and oxygen atoms in total. The molecule has 1 aromatic carbocycles. The topological polar surface area (TPSA) is 58.2 Å². The van der Waals surface area contributed by atoms with Crippen LogP contribution in [0.1, 0.15) is 37.8 Å². The normalized spacial score (nSPS) is 18.7. The predicted octanol–water partition coefficient (Wildman–Crippen LogP) is 2.38. The molecule has 0 aliphatic carbocycles. The average Bonchev–Trinajstić information content (AvgIpc) is 2.91. The van der Waals surface area contributed by atoms with Gasteiger partial charge in [-0.15, -0.1) is 0 Å². The smallest absolute Gasteiger partial charge is 0.353 e. The van der Waals surface area contributed by atoms with Gasteiger partial charge in [0, 0.05) is 18.4 Å². The largest absolute Gasteiger partial charge is 0.416 e. The Labute approximate surface area is 132 Å². The number of halogens is 3. The Morgan fingerprint density at radius 1 is 1.30 bits per heavy atom. The van der Waals surface area contributed by atoms with Gasteiger partial charge in [0.25, 0.3) is 0 Å². The van der Waals surface area contributed by atoms with Crippen molar-refractivity contribution in [3.63, 3.8) is 0 Å². The van der Waals surface area contributed by atoms with Gasteiger partial charge in [-0.05, 0) is 18.1 Å². The second kappa shape index (κ2) is 6.22. The lowest BCUT2D eigenvalue weighted by atomic mass is 9.83. The van der Waals surface area contributed by atoms with Crippen LogP contribution in [0.5, 0.6) is 0 Å². The highest BCUT2D eigenvalue weighted by Gasteiger charge is 2.33. The third-order valence-electron chi connectivity index (χ3n) is 3.99. The van der Waals surface area contributed by atoms with E-state index < -0.39 is 23.2 Å².